The molecule has 2 N–H and O–H groups in total. The minimum atomic E-state index is -0.425. The molecule has 0 aliphatic carbocycles. The summed E-state index contributed by atoms with van der Waals surface area (Å²) in [6, 6.07) is 8.15. The number of nitro groups is 1. The number of rotatable bonds is 4. The third kappa shape index (κ3) is 2.86. The maximum atomic E-state index is 10.7. The molecule has 6 nitrogen and oxygen atoms in total. The number of aromatic nitrogens is 1. The molecule has 19 heavy (non-hydrogen) atoms. The van der Waals surface area contributed by atoms with E-state index in [-0.39, 0.29) is 5.69 Å². The van der Waals surface area contributed by atoms with Gasteiger partial charge in [0.1, 0.15) is 5.75 Å². The van der Waals surface area contributed by atoms with Gasteiger partial charge in [-0.25, -0.2) is 4.98 Å². The maximum Gasteiger partial charge on any atom is 0.272 e. The van der Waals surface area contributed by atoms with E-state index >= 15 is 0 Å². The monoisotopic (exact) mass is 259 g/mol. The Bertz CT molecular complexity index is 614. The number of nitrogens with two attached hydrogens (primary N) is 1. The molecule has 6 heteroatoms. The number of nitrogens with zero attached hydrogens (tertiary/aromatic N) is 2. The summed E-state index contributed by atoms with van der Waals surface area (Å²) in [4.78, 5) is 14.4. The van der Waals surface area contributed by atoms with E-state index in [0.717, 1.165) is 5.56 Å². The summed E-state index contributed by atoms with van der Waals surface area (Å²) in [6.45, 7) is 1.97. The van der Waals surface area contributed by atoms with E-state index in [1.54, 1.807) is 31.3 Å². The van der Waals surface area contributed by atoms with E-state index in [2.05, 4.69) is 4.98 Å². The van der Waals surface area contributed by atoms with Crippen LogP contribution in [0.1, 0.15) is 11.1 Å². The number of hydrogen-bond donors (Lipinski definition) is 1. The van der Waals surface area contributed by atoms with Crippen LogP contribution in [-0.4, -0.2) is 9.91 Å². The molecule has 1 heterocycles. The molecular weight excluding hydrogens is 246 g/mol. The molecule has 0 aliphatic heterocycles. The fraction of sp³-hybridized carbons (Fsp3) is 0.154. The Balaban J connectivity index is 2.29. The van der Waals surface area contributed by atoms with Crippen LogP contribution in [0.25, 0.3) is 0 Å². The van der Waals surface area contributed by atoms with E-state index in [0.29, 0.717) is 23.7 Å². The largest absolute Gasteiger partial charge is 0.439 e. The summed E-state index contributed by atoms with van der Waals surface area (Å²) >= 11 is 0. The van der Waals surface area contributed by atoms with Gasteiger partial charge in [-0.05, 0) is 25.1 Å². The summed E-state index contributed by atoms with van der Waals surface area (Å²) < 4.78 is 5.60. The molecule has 1 aromatic carbocycles. The van der Waals surface area contributed by atoms with Crippen LogP contribution in [0, 0.1) is 17.0 Å². The minimum Gasteiger partial charge on any atom is -0.439 e. The first kappa shape index (κ1) is 13.0. The van der Waals surface area contributed by atoms with Crippen LogP contribution in [0.4, 0.5) is 5.69 Å². The van der Waals surface area contributed by atoms with Crippen molar-refractivity contribution in [3.05, 3.63) is 57.8 Å². The second-order valence-electron chi connectivity index (χ2n) is 3.98. The predicted molar refractivity (Wildman–Crippen MR) is 70.0 cm³/mol. The average Bonchev–Trinajstić information content (AvgIpc) is 2.39. The molecule has 0 amide bonds. The number of nitro benzene ring substituents is 1. The smallest absolute Gasteiger partial charge is 0.272 e. The van der Waals surface area contributed by atoms with Gasteiger partial charge in [0.2, 0.25) is 5.88 Å². The number of benzene rings is 1. The molecule has 0 aliphatic rings. The first-order chi connectivity index (χ1) is 9.11. The summed E-state index contributed by atoms with van der Waals surface area (Å²) in [6.07, 6.45) is 1.60. The Hall–Kier alpha value is -2.47. The van der Waals surface area contributed by atoms with Crippen molar-refractivity contribution in [2.45, 2.75) is 13.5 Å². The lowest BCUT2D eigenvalue weighted by atomic mass is 10.2. The molecule has 0 radical (unpaired) electrons. The Morgan fingerprint density at radius 3 is 2.84 bits per heavy atom. The van der Waals surface area contributed by atoms with Crippen molar-refractivity contribution in [2.75, 3.05) is 0 Å². The van der Waals surface area contributed by atoms with Crippen LogP contribution in [0.3, 0.4) is 0 Å². The lowest BCUT2D eigenvalue weighted by molar-refractivity contribution is -0.385. The normalized spacial score (nSPS) is 10.2. The first-order valence-corrected chi connectivity index (χ1v) is 5.68. The van der Waals surface area contributed by atoms with Crippen LogP contribution >= 0.6 is 0 Å². The van der Waals surface area contributed by atoms with Gasteiger partial charge < -0.3 is 10.5 Å². The quantitative estimate of drug-likeness (QED) is 0.673. The molecule has 0 unspecified atom stereocenters. The van der Waals surface area contributed by atoms with Crippen molar-refractivity contribution in [1.29, 1.82) is 0 Å². The van der Waals surface area contributed by atoms with Gasteiger partial charge >= 0.3 is 0 Å². The fourth-order valence-corrected chi connectivity index (χ4v) is 1.68. The lowest BCUT2D eigenvalue weighted by Gasteiger charge is -2.08. The Morgan fingerprint density at radius 2 is 2.21 bits per heavy atom. The van der Waals surface area contributed by atoms with E-state index in [1.165, 1.54) is 6.07 Å². The number of pyridine rings is 1. The third-order valence-electron chi connectivity index (χ3n) is 2.65. The van der Waals surface area contributed by atoms with Gasteiger partial charge in [-0.3, -0.25) is 10.1 Å². The number of aryl methyl sites for hydroxylation is 1. The molecule has 2 rings (SSSR count). The van der Waals surface area contributed by atoms with Crippen LogP contribution < -0.4 is 10.5 Å². The van der Waals surface area contributed by atoms with Gasteiger partial charge in [0.15, 0.2) is 0 Å². The molecule has 0 bridgehead atoms. The fourth-order valence-electron chi connectivity index (χ4n) is 1.68. The Kier molecular flexibility index (Phi) is 3.72. The molecule has 0 fully saturated rings. The summed E-state index contributed by atoms with van der Waals surface area (Å²) in [5.41, 5.74) is 6.96. The highest BCUT2D eigenvalue weighted by Gasteiger charge is 2.12. The van der Waals surface area contributed by atoms with Gasteiger partial charge in [-0.2, -0.15) is 0 Å². The average molecular weight is 259 g/mol. The van der Waals surface area contributed by atoms with Gasteiger partial charge in [0.05, 0.1) is 4.92 Å². The Morgan fingerprint density at radius 1 is 1.42 bits per heavy atom. The van der Waals surface area contributed by atoms with Crippen molar-refractivity contribution in [1.82, 2.24) is 4.98 Å². The summed E-state index contributed by atoms with van der Waals surface area (Å²) in [7, 11) is 0. The topological polar surface area (TPSA) is 91.3 Å². The molecule has 0 atom stereocenters. The number of hydrogen-bond acceptors (Lipinski definition) is 5. The highest BCUT2D eigenvalue weighted by Crippen LogP contribution is 2.27. The maximum absolute atomic E-state index is 10.7. The van der Waals surface area contributed by atoms with Crippen LogP contribution in [0.2, 0.25) is 0 Å². The highest BCUT2D eigenvalue weighted by molar-refractivity contribution is 5.45. The second kappa shape index (κ2) is 5.45. The molecule has 0 saturated carbocycles. The SMILES string of the molecule is Cc1cc(Oc2ncccc2CN)ccc1[N+](=O)[O-]. The second-order valence-corrected chi connectivity index (χ2v) is 3.98. The van der Waals surface area contributed by atoms with E-state index in [9.17, 15) is 10.1 Å². The standard InChI is InChI=1S/C13H13N3O3/c1-9-7-11(4-5-12(9)16(17)18)19-13-10(8-14)3-2-6-15-13/h2-7H,8,14H2,1H3. The van der Waals surface area contributed by atoms with Crippen molar-refractivity contribution >= 4 is 5.69 Å². The Labute approximate surface area is 110 Å². The van der Waals surface area contributed by atoms with Crippen molar-refractivity contribution in [3.8, 4) is 11.6 Å². The van der Waals surface area contributed by atoms with Gasteiger partial charge in [-0.15, -0.1) is 0 Å². The zero-order chi connectivity index (χ0) is 13.8. The molecule has 2 aromatic rings. The molecular formula is C13H13N3O3. The number of ether oxygens (including phenoxy) is 1. The van der Waals surface area contributed by atoms with Gasteiger partial charge in [-0.1, -0.05) is 6.07 Å². The molecule has 0 saturated heterocycles. The third-order valence-corrected chi connectivity index (χ3v) is 2.65. The predicted octanol–water partition coefficient (Wildman–Crippen LogP) is 2.55. The summed E-state index contributed by atoms with van der Waals surface area (Å²) in [5.74, 6) is 0.912. The van der Waals surface area contributed by atoms with E-state index in [1.807, 2.05) is 6.07 Å². The first-order valence-electron chi connectivity index (χ1n) is 5.68. The summed E-state index contributed by atoms with van der Waals surface area (Å²) in [5, 5.41) is 10.7. The van der Waals surface area contributed by atoms with Gasteiger partial charge in [0.25, 0.3) is 5.69 Å². The molecule has 0 spiro atoms. The van der Waals surface area contributed by atoms with Crippen LogP contribution in [-0.2, 0) is 6.54 Å². The van der Waals surface area contributed by atoms with Crippen LogP contribution in [0.5, 0.6) is 11.6 Å². The minimum absolute atomic E-state index is 0.0624. The van der Waals surface area contributed by atoms with Crippen molar-refractivity contribution in [3.63, 3.8) is 0 Å². The van der Waals surface area contributed by atoms with Crippen molar-refractivity contribution in [2.24, 2.45) is 5.73 Å². The van der Waals surface area contributed by atoms with Crippen LogP contribution in [0.15, 0.2) is 36.5 Å². The zero-order valence-corrected chi connectivity index (χ0v) is 10.4. The lowest BCUT2D eigenvalue weighted by Crippen LogP contribution is -2.01. The van der Waals surface area contributed by atoms with Gasteiger partial charge in [0, 0.05) is 29.9 Å². The molecule has 98 valence electrons. The zero-order valence-electron chi connectivity index (χ0n) is 10.4. The molecule has 1 aromatic heterocycles. The van der Waals surface area contributed by atoms with E-state index < -0.39 is 4.92 Å². The van der Waals surface area contributed by atoms with Crippen molar-refractivity contribution < 1.29 is 9.66 Å². The van der Waals surface area contributed by atoms with E-state index in [4.69, 9.17) is 10.5 Å². The highest BCUT2D eigenvalue weighted by atomic mass is 16.6.